The first kappa shape index (κ1) is 36.8. The van der Waals surface area contributed by atoms with Crippen LogP contribution in [0.2, 0.25) is 0 Å². The molecule has 56 heavy (non-hydrogen) atoms. The van der Waals surface area contributed by atoms with E-state index in [2.05, 4.69) is 15.3 Å². The summed E-state index contributed by atoms with van der Waals surface area (Å²) in [6, 6.07) is 18.2. The van der Waals surface area contributed by atoms with Gasteiger partial charge in [0.05, 0.1) is 27.5 Å². The number of halogens is 1. The van der Waals surface area contributed by atoms with Gasteiger partial charge in [-0.15, -0.1) is 11.8 Å². The summed E-state index contributed by atoms with van der Waals surface area (Å²) < 4.78 is 22.9. The van der Waals surface area contributed by atoms with Crippen molar-refractivity contribution < 1.29 is 33.1 Å². The summed E-state index contributed by atoms with van der Waals surface area (Å²) in [6.45, 7) is 1.05. The molecule has 5 heterocycles. The van der Waals surface area contributed by atoms with Gasteiger partial charge in [0.15, 0.2) is 5.65 Å². The van der Waals surface area contributed by atoms with Crippen molar-refractivity contribution in [2.75, 3.05) is 24.6 Å². The highest BCUT2D eigenvalue weighted by atomic mass is 32.2. The zero-order chi connectivity index (χ0) is 38.9. The Kier molecular flexibility index (Phi) is 10.2. The van der Waals surface area contributed by atoms with Crippen molar-refractivity contribution in [3.63, 3.8) is 0 Å². The van der Waals surface area contributed by atoms with Gasteiger partial charge in [-0.05, 0) is 86.4 Å². The highest BCUT2D eigenvalue weighted by molar-refractivity contribution is 7.99. The van der Waals surface area contributed by atoms with Gasteiger partial charge in [-0.25, -0.2) is 19.0 Å². The number of carbonyl (C=O) groups excluding carboxylic acids is 5. The normalized spacial score (nSPS) is 18.4. The number of rotatable bonds is 11. The minimum Gasteiger partial charge on any atom is -0.457 e. The number of anilines is 1. The number of thioether (sulfide) groups is 1. The van der Waals surface area contributed by atoms with Crippen LogP contribution in [0.4, 0.5) is 10.2 Å². The van der Waals surface area contributed by atoms with Crippen molar-refractivity contribution in [3.8, 4) is 22.8 Å². The predicted molar refractivity (Wildman–Crippen MR) is 204 cm³/mol. The van der Waals surface area contributed by atoms with Gasteiger partial charge >= 0.3 is 0 Å². The Balaban J connectivity index is 0.893. The molecule has 3 aliphatic rings. The SMILES string of the molecule is Nc1ncnc2c1c(-c1ccc(Oc3ccccc3)cc1)nn2C1CCCN(C(=O)CCCCSc2c(F)ccc3c2C(=O)N(C2CCC(=O)NC2=O)C3=O)C1. The summed E-state index contributed by atoms with van der Waals surface area (Å²) in [6.07, 6.45) is 4.34. The second kappa shape index (κ2) is 15.5. The second-order valence-electron chi connectivity index (χ2n) is 13.9. The average molecular weight is 777 g/mol. The maximum atomic E-state index is 15.1. The number of aromatic nitrogens is 4. The number of unbranched alkanes of at least 4 members (excludes halogenated alkanes) is 1. The van der Waals surface area contributed by atoms with Gasteiger partial charge in [-0.1, -0.05) is 18.2 Å². The number of amides is 5. The van der Waals surface area contributed by atoms with Crippen LogP contribution in [-0.4, -0.2) is 84.0 Å². The molecule has 3 aliphatic heterocycles. The topological polar surface area (TPSA) is 183 Å². The largest absolute Gasteiger partial charge is 0.457 e. The molecule has 0 aliphatic carbocycles. The molecule has 2 atom stereocenters. The number of imide groups is 2. The number of para-hydroxylation sites is 1. The number of nitrogens with one attached hydrogen (secondary N) is 1. The van der Waals surface area contributed by atoms with Crippen LogP contribution in [0, 0.1) is 5.82 Å². The van der Waals surface area contributed by atoms with Crippen LogP contribution < -0.4 is 15.8 Å². The fourth-order valence-electron chi connectivity index (χ4n) is 7.49. The Morgan fingerprint density at radius 2 is 1.73 bits per heavy atom. The molecule has 0 spiro atoms. The zero-order valence-corrected chi connectivity index (χ0v) is 31.0. The molecule has 2 saturated heterocycles. The van der Waals surface area contributed by atoms with E-state index in [-0.39, 0.29) is 47.2 Å². The van der Waals surface area contributed by atoms with Crippen molar-refractivity contribution in [1.29, 1.82) is 0 Å². The van der Waals surface area contributed by atoms with Crippen molar-refractivity contribution in [2.45, 2.75) is 61.9 Å². The summed E-state index contributed by atoms with van der Waals surface area (Å²) in [4.78, 5) is 75.6. The quantitative estimate of drug-likeness (QED) is 0.0977. The standard InChI is InChI=1S/C40H37FN8O6S/c41-28-16-15-27-32(40(54)48(39(27)53)29-17-18-30(50)45-38(29)52)35(28)56-20-5-4-10-31(51)47-19-6-7-24(21-47)49-37-33(36(42)43-22-44-37)34(46-49)23-11-13-26(14-12-23)55-25-8-2-1-3-9-25/h1-3,8-9,11-16,22,24,29H,4-7,10,17-21H2,(H2,42,43,44)(H,45,50,52). The molecule has 0 bridgehead atoms. The van der Waals surface area contributed by atoms with Gasteiger partial charge in [0.25, 0.3) is 11.8 Å². The molecule has 14 nitrogen and oxygen atoms in total. The molecule has 3 N–H and O–H groups in total. The lowest BCUT2D eigenvalue weighted by Crippen LogP contribution is -2.54. The van der Waals surface area contributed by atoms with E-state index in [1.54, 1.807) is 0 Å². The van der Waals surface area contributed by atoms with Crippen molar-refractivity contribution in [3.05, 3.63) is 90.0 Å². The van der Waals surface area contributed by atoms with Crippen molar-refractivity contribution >= 4 is 58.1 Å². The van der Waals surface area contributed by atoms with Gasteiger partial charge < -0.3 is 15.4 Å². The number of hydrogen-bond acceptors (Lipinski definition) is 11. The molecule has 5 aromatic rings. The van der Waals surface area contributed by atoms with E-state index >= 15 is 4.39 Å². The van der Waals surface area contributed by atoms with E-state index in [1.165, 1.54) is 12.4 Å². The maximum Gasteiger partial charge on any atom is 0.263 e. The molecule has 0 radical (unpaired) electrons. The van der Waals surface area contributed by atoms with Crippen LogP contribution in [0.25, 0.3) is 22.3 Å². The number of piperidine rings is 2. The minimum absolute atomic E-state index is 0.00744. The van der Waals surface area contributed by atoms with Crippen LogP contribution in [0.3, 0.4) is 0 Å². The summed E-state index contributed by atoms with van der Waals surface area (Å²) in [5, 5.41) is 7.79. The summed E-state index contributed by atoms with van der Waals surface area (Å²) in [5.41, 5.74) is 8.38. The van der Waals surface area contributed by atoms with E-state index < -0.39 is 35.5 Å². The van der Waals surface area contributed by atoms with Gasteiger partial charge in [0, 0.05) is 31.5 Å². The van der Waals surface area contributed by atoms with Crippen LogP contribution in [-0.2, 0) is 14.4 Å². The number of benzene rings is 3. The number of likely N-dealkylation sites (tertiary alicyclic amines) is 1. The van der Waals surface area contributed by atoms with Crippen LogP contribution in [0.1, 0.15) is 71.7 Å². The number of hydrogen-bond donors (Lipinski definition) is 2. The molecule has 286 valence electrons. The van der Waals surface area contributed by atoms with E-state index in [4.69, 9.17) is 15.6 Å². The van der Waals surface area contributed by atoms with Gasteiger partial charge in [0.1, 0.15) is 41.2 Å². The van der Waals surface area contributed by atoms with E-state index in [1.807, 2.05) is 64.2 Å². The smallest absolute Gasteiger partial charge is 0.263 e. The van der Waals surface area contributed by atoms with Crippen LogP contribution in [0.15, 0.2) is 78.0 Å². The lowest BCUT2D eigenvalue weighted by Gasteiger charge is -2.33. The summed E-state index contributed by atoms with van der Waals surface area (Å²) >= 11 is 1.10. The Bertz CT molecular complexity index is 2370. The Morgan fingerprint density at radius 3 is 2.52 bits per heavy atom. The molecule has 5 amide bonds. The minimum atomic E-state index is -1.14. The maximum absolute atomic E-state index is 15.1. The number of fused-ring (bicyclic) bond motifs is 2. The molecule has 2 unspecified atom stereocenters. The molecule has 3 aromatic carbocycles. The summed E-state index contributed by atoms with van der Waals surface area (Å²) in [5.74, 6) is -1.19. The second-order valence-corrected chi connectivity index (χ2v) is 15.0. The molecular weight excluding hydrogens is 740 g/mol. The van der Waals surface area contributed by atoms with Crippen LogP contribution >= 0.6 is 11.8 Å². The van der Waals surface area contributed by atoms with Gasteiger partial charge in [-0.3, -0.25) is 34.2 Å². The highest BCUT2D eigenvalue weighted by Gasteiger charge is 2.46. The van der Waals surface area contributed by atoms with Crippen LogP contribution in [0.5, 0.6) is 11.5 Å². The fourth-order valence-corrected chi connectivity index (χ4v) is 8.59. The Labute approximate surface area is 324 Å². The predicted octanol–water partition coefficient (Wildman–Crippen LogP) is 5.53. The Hall–Kier alpha value is -6.16. The van der Waals surface area contributed by atoms with E-state index in [0.29, 0.717) is 60.0 Å². The highest BCUT2D eigenvalue weighted by Crippen LogP contribution is 2.38. The molecule has 8 rings (SSSR count). The van der Waals surface area contributed by atoms with Crippen molar-refractivity contribution in [2.24, 2.45) is 0 Å². The van der Waals surface area contributed by atoms with Gasteiger partial charge in [0.2, 0.25) is 17.7 Å². The number of nitrogens with two attached hydrogens (primary N) is 1. The first-order valence-electron chi connectivity index (χ1n) is 18.4. The molecule has 2 aromatic heterocycles. The summed E-state index contributed by atoms with van der Waals surface area (Å²) in [7, 11) is 0. The molecule has 16 heteroatoms. The third-order valence-electron chi connectivity index (χ3n) is 10.3. The molecule has 0 saturated carbocycles. The number of nitrogen functional groups attached to an aromatic ring is 1. The third kappa shape index (κ3) is 7.07. The fraction of sp³-hybridized carbons (Fsp3) is 0.300. The monoisotopic (exact) mass is 776 g/mol. The lowest BCUT2D eigenvalue weighted by atomic mass is 10.0. The molecule has 2 fully saturated rings. The van der Waals surface area contributed by atoms with E-state index in [0.717, 1.165) is 46.9 Å². The number of nitrogens with zero attached hydrogens (tertiary/aromatic N) is 6. The zero-order valence-electron chi connectivity index (χ0n) is 30.2. The third-order valence-corrected chi connectivity index (χ3v) is 11.4. The number of ether oxygens (including phenoxy) is 1. The van der Waals surface area contributed by atoms with E-state index in [9.17, 15) is 24.0 Å². The first-order valence-corrected chi connectivity index (χ1v) is 19.4. The van der Waals surface area contributed by atoms with Gasteiger partial charge in [-0.2, -0.15) is 5.10 Å². The van der Waals surface area contributed by atoms with Crippen molar-refractivity contribution in [1.82, 2.24) is 34.9 Å². The number of carbonyl (C=O) groups is 5. The average Bonchev–Trinajstić information content (AvgIpc) is 3.71. The first-order chi connectivity index (χ1) is 27.2. The molecular formula is C40H37FN8O6S. The lowest BCUT2D eigenvalue weighted by molar-refractivity contribution is -0.136. The Morgan fingerprint density at radius 1 is 0.946 bits per heavy atom.